The van der Waals surface area contributed by atoms with Gasteiger partial charge >= 0.3 is 6.03 Å². The molecule has 3 heterocycles. The number of pyridine rings is 1. The molecule has 0 bridgehead atoms. The molecule has 202 valence electrons. The highest BCUT2D eigenvalue weighted by atomic mass is 16.5. The van der Waals surface area contributed by atoms with Gasteiger partial charge in [-0.3, -0.25) is 9.58 Å². The number of carbonyl (C=O) groups is 1. The Morgan fingerprint density at radius 1 is 1.10 bits per heavy atom. The fourth-order valence-electron chi connectivity index (χ4n) is 5.37. The fourth-order valence-corrected chi connectivity index (χ4v) is 5.37. The average Bonchev–Trinajstić information content (AvgIpc) is 3.43. The third kappa shape index (κ3) is 6.89. The number of aryl methyl sites for hydroxylation is 1. The van der Waals surface area contributed by atoms with Crippen molar-refractivity contribution in [1.82, 2.24) is 20.1 Å². The molecule has 1 aliphatic carbocycles. The second-order valence-electron chi connectivity index (χ2n) is 10.4. The number of nitriles is 1. The van der Waals surface area contributed by atoms with Gasteiger partial charge in [-0.15, -0.1) is 0 Å². The number of hydrogen-bond acceptors (Lipinski definition) is 6. The average molecular weight is 526 g/mol. The molecule has 0 unspecified atom stereocenters. The van der Waals surface area contributed by atoms with E-state index in [1.807, 2.05) is 42.7 Å². The first-order chi connectivity index (χ1) is 19.1. The lowest BCUT2D eigenvalue weighted by Gasteiger charge is -2.36. The van der Waals surface area contributed by atoms with Crippen LogP contribution in [0, 0.1) is 23.2 Å². The Labute approximate surface area is 229 Å². The van der Waals surface area contributed by atoms with Gasteiger partial charge in [0.15, 0.2) is 5.82 Å². The zero-order valence-electron chi connectivity index (χ0n) is 22.4. The van der Waals surface area contributed by atoms with E-state index in [-0.39, 0.29) is 12.1 Å². The summed E-state index contributed by atoms with van der Waals surface area (Å²) in [4.78, 5) is 24.3. The summed E-state index contributed by atoms with van der Waals surface area (Å²) in [6, 6.07) is 13.9. The molecule has 1 saturated carbocycles. The highest BCUT2D eigenvalue weighted by Gasteiger charge is 2.30. The van der Waals surface area contributed by atoms with Crippen molar-refractivity contribution in [1.29, 1.82) is 5.26 Å². The predicted octanol–water partition coefficient (Wildman–Crippen LogP) is 5.26. The fraction of sp³-hybridized carbons (Fsp3) is 0.433. The SMILES string of the molecule is Cn1cc(-c2ccc(N(C(=O)NCC3CCOCC3)C3CCC(/C=N\c4ccc(C#N)cn4)CC3)cc2)cn1. The second-order valence-corrected chi connectivity index (χ2v) is 10.4. The summed E-state index contributed by atoms with van der Waals surface area (Å²) in [7, 11) is 1.91. The van der Waals surface area contributed by atoms with Gasteiger partial charge in [0.2, 0.25) is 0 Å². The first-order valence-corrected chi connectivity index (χ1v) is 13.7. The van der Waals surface area contributed by atoms with Crippen LogP contribution >= 0.6 is 0 Å². The van der Waals surface area contributed by atoms with Crippen LogP contribution in [-0.4, -0.2) is 52.8 Å². The number of urea groups is 1. The quantitative estimate of drug-likeness (QED) is 0.424. The molecule has 1 aromatic carbocycles. The van der Waals surface area contributed by atoms with E-state index >= 15 is 0 Å². The maximum atomic E-state index is 13.6. The third-order valence-electron chi connectivity index (χ3n) is 7.69. The summed E-state index contributed by atoms with van der Waals surface area (Å²) in [5.74, 6) is 1.40. The van der Waals surface area contributed by atoms with Crippen molar-refractivity contribution in [3.05, 3.63) is 60.6 Å². The van der Waals surface area contributed by atoms with Crippen molar-refractivity contribution in [2.24, 2.45) is 23.9 Å². The lowest BCUT2D eigenvalue weighted by molar-refractivity contribution is 0.0670. The van der Waals surface area contributed by atoms with E-state index in [0.29, 0.717) is 29.8 Å². The van der Waals surface area contributed by atoms with E-state index < -0.39 is 0 Å². The Morgan fingerprint density at radius 2 is 1.87 bits per heavy atom. The number of aliphatic imine (C=N–C) groups is 1. The van der Waals surface area contributed by atoms with Gasteiger partial charge in [-0.25, -0.2) is 14.8 Å². The maximum absolute atomic E-state index is 13.6. The molecule has 3 aromatic rings. The van der Waals surface area contributed by atoms with Crippen molar-refractivity contribution >= 4 is 23.8 Å². The van der Waals surface area contributed by atoms with Crippen LogP contribution in [0.1, 0.15) is 44.1 Å². The van der Waals surface area contributed by atoms with Crippen LogP contribution in [-0.2, 0) is 11.8 Å². The molecule has 9 nitrogen and oxygen atoms in total. The van der Waals surface area contributed by atoms with Gasteiger partial charge in [0, 0.05) is 62.7 Å². The molecule has 2 aromatic heterocycles. The van der Waals surface area contributed by atoms with E-state index in [1.165, 1.54) is 0 Å². The van der Waals surface area contributed by atoms with E-state index in [9.17, 15) is 4.79 Å². The highest BCUT2D eigenvalue weighted by molar-refractivity contribution is 5.93. The first-order valence-electron chi connectivity index (χ1n) is 13.7. The normalized spacial score (nSPS) is 20.0. The summed E-state index contributed by atoms with van der Waals surface area (Å²) in [6.45, 7) is 2.21. The minimum absolute atomic E-state index is 0.0329. The summed E-state index contributed by atoms with van der Waals surface area (Å²) in [6.07, 6.45) is 13.0. The second kappa shape index (κ2) is 12.7. The van der Waals surface area contributed by atoms with Crippen LogP contribution in [0.15, 0.2) is 60.0 Å². The number of rotatable bonds is 7. The van der Waals surface area contributed by atoms with Gasteiger partial charge in [-0.2, -0.15) is 10.4 Å². The standard InChI is InChI=1S/C30H35N7O2/c1-36-21-26(20-35-36)25-5-9-28(10-6-25)37(30(38)34-18-23-12-14-39-15-13-23)27-7-2-22(3-8-27)17-32-29-11-4-24(16-31)19-33-29/h4-6,9-11,17,19-23,27H,2-3,7-8,12-15,18H2,1H3,(H,34,38)/b32-17-. The zero-order chi connectivity index (χ0) is 27.0. The van der Waals surface area contributed by atoms with E-state index in [1.54, 1.807) is 23.0 Å². The van der Waals surface area contributed by atoms with Crippen LogP contribution in [0.4, 0.5) is 16.3 Å². The summed E-state index contributed by atoms with van der Waals surface area (Å²) in [5.41, 5.74) is 3.56. The maximum Gasteiger partial charge on any atom is 0.322 e. The van der Waals surface area contributed by atoms with Gasteiger partial charge in [0.1, 0.15) is 6.07 Å². The summed E-state index contributed by atoms with van der Waals surface area (Å²) < 4.78 is 7.27. The molecular formula is C30H35N7O2. The largest absolute Gasteiger partial charge is 0.381 e. The number of benzene rings is 1. The van der Waals surface area contributed by atoms with Crippen LogP contribution < -0.4 is 10.2 Å². The third-order valence-corrected chi connectivity index (χ3v) is 7.69. The molecule has 2 fully saturated rings. The molecule has 5 rings (SSSR count). The van der Waals surface area contributed by atoms with Crippen molar-refractivity contribution in [2.45, 2.75) is 44.6 Å². The Balaban J connectivity index is 1.26. The molecule has 1 N–H and O–H groups in total. The van der Waals surface area contributed by atoms with E-state index in [4.69, 9.17) is 10.00 Å². The number of anilines is 1. The Morgan fingerprint density at radius 3 is 2.51 bits per heavy atom. The molecule has 2 aliphatic rings. The number of nitrogens with zero attached hydrogens (tertiary/aromatic N) is 6. The van der Waals surface area contributed by atoms with Crippen LogP contribution in [0.25, 0.3) is 11.1 Å². The van der Waals surface area contributed by atoms with Crippen LogP contribution in [0.3, 0.4) is 0 Å². The van der Waals surface area contributed by atoms with Gasteiger partial charge in [-0.1, -0.05) is 12.1 Å². The van der Waals surface area contributed by atoms with E-state index in [2.05, 4.69) is 38.6 Å². The number of amides is 2. The Hall–Kier alpha value is -4.03. The minimum atomic E-state index is -0.0329. The number of hydrogen-bond donors (Lipinski definition) is 1. The topological polar surface area (TPSA) is 108 Å². The summed E-state index contributed by atoms with van der Waals surface area (Å²) in [5, 5.41) is 16.5. The number of carbonyl (C=O) groups excluding carboxylic acids is 1. The number of ether oxygens (including phenoxy) is 1. The van der Waals surface area contributed by atoms with Crippen LogP contribution in [0.2, 0.25) is 0 Å². The Bertz CT molecular complexity index is 1300. The van der Waals surface area contributed by atoms with Gasteiger partial charge in [0.05, 0.1) is 11.8 Å². The molecule has 0 atom stereocenters. The molecule has 2 amide bonds. The number of aromatic nitrogens is 3. The summed E-state index contributed by atoms with van der Waals surface area (Å²) >= 11 is 0. The zero-order valence-corrected chi connectivity index (χ0v) is 22.4. The molecule has 9 heteroatoms. The number of nitrogens with one attached hydrogen (secondary N) is 1. The molecule has 1 aliphatic heterocycles. The van der Waals surface area contributed by atoms with Crippen molar-refractivity contribution in [3.63, 3.8) is 0 Å². The molecular weight excluding hydrogens is 490 g/mol. The monoisotopic (exact) mass is 525 g/mol. The first kappa shape index (κ1) is 26.6. The lowest BCUT2D eigenvalue weighted by atomic mass is 9.86. The van der Waals surface area contributed by atoms with Gasteiger partial charge in [-0.05, 0) is 80.2 Å². The Kier molecular flexibility index (Phi) is 8.64. The smallest absolute Gasteiger partial charge is 0.322 e. The minimum Gasteiger partial charge on any atom is -0.381 e. The van der Waals surface area contributed by atoms with Crippen molar-refractivity contribution < 1.29 is 9.53 Å². The van der Waals surface area contributed by atoms with Gasteiger partial charge in [0.25, 0.3) is 0 Å². The van der Waals surface area contributed by atoms with Gasteiger partial charge < -0.3 is 10.1 Å². The predicted molar refractivity (Wildman–Crippen MR) is 151 cm³/mol. The molecule has 1 saturated heterocycles. The van der Waals surface area contributed by atoms with Crippen molar-refractivity contribution in [3.8, 4) is 17.2 Å². The highest BCUT2D eigenvalue weighted by Crippen LogP contribution is 2.32. The molecule has 39 heavy (non-hydrogen) atoms. The van der Waals surface area contributed by atoms with E-state index in [0.717, 1.165) is 68.6 Å². The van der Waals surface area contributed by atoms with Crippen LogP contribution in [0.5, 0.6) is 0 Å². The molecule has 0 spiro atoms. The molecule has 0 radical (unpaired) electrons. The van der Waals surface area contributed by atoms with Crippen molar-refractivity contribution in [2.75, 3.05) is 24.7 Å². The lowest BCUT2D eigenvalue weighted by Crippen LogP contribution is -2.49.